The van der Waals surface area contributed by atoms with Crippen LogP contribution in [0.15, 0.2) is 24.3 Å². The lowest BCUT2D eigenvalue weighted by atomic mass is 10.0. The van der Waals surface area contributed by atoms with Crippen LogP contribution in [0.25, 0.3) is 0 Å². The third kappa shape index (κ3) is 3.66. The lowest BCUT2D eigenvalue weighted by Gasteiger charge is -2.07. The quantitative estimate of drug-likeness (QED) is 0.335. The lowest BCUT2D eigenvalue weighted by Crippen LogP contribution is -2.30. The summed E-state index contributed by atoms with van der Waals surface area (Å²) in [5, 5.41) is 0. The standard InChI is InChI=1S/C13H20N2O/c1-2-3-4-5-8-11-9-6-7-10-12(11)13(16)15-14/h6-7,9-10H,2-5,8,14H2,1H3,(H,15,16). The molecule has 0 aliphatic heterocycles. The summed E-state index contributed by atoms with van der Waals surface area (Å²) in [6.45, 7) is 2.19. The molecule has 0 heterocycles. The molecule has 0 saturated carbocycles. The van der Waals surface area contributed by atoms with Crippen LogP contribution in [0.4, 0.5) is 0 Å². The smallest absolute Gasteiger partial charge is 0.265 e. The van der Waals surface area contributed by atoms with Crippen LogP contribution in [0.3, 0.4) is 0 Å². The fourth-order valence-corrected chi connectivity index (χ4v) is 1.78. The molecule has 0 radical (unpaired) electrons. The monoisotopic (exact) mass is 220 g/mol. The number of nitrogens with one attached hydrogen (secondary N) is 1. The van der Waals surface area contributed by atoms with Crippen molar-refractivity contribution in [3.8, 4) is 0 Å². The molecule has 1 aromatic rings. The van der Waals surface area contributed by atoms with Crippen molar-refractivity contribution in [2.45, 2.75) is 39.0 Å². The largest absolute Gasteiger partial charge is 0.290 e. The topological polar surface area (TPSA) is 55.1 Å². The fourth-order valence-electron chi connectivity index (χ4n) is 1.78. The SMILES string of the molecule is CCCCCCc1ccccc1C(=O)NN. The number of hydrazine groups is 1. The van der Waals surface area contributed by atoms with Gasteiger partial charge in [0.1, 0.15) is 0 Å². The van der Waals surface area contributed by atoms with Crippen LogP contribution in [0.5, 0.6) is 0 Å². The molecule has 3 nitrogen and oxygen atoms in total. The highest BCUT2D eigenvalue weighted by atomic mass is 16.2. The number of nitrogen functional groups attached to an aromatic ring is 1. The summed E-state index contributed by atoms with van der Waals surface area (Å²) < 4.78 is 0. The molecular formula is C13H20N2O. The maximum Gasteiger partial charge on any atom is 0.265 e. The van der Waals surface area contributed by atoms with Gasteiger partial charge in [-0.15, -0.1) is 0 Å². The van der Waals surface area contributed by atoms with E-state index in [1.165, 1.54) is 19.3 Å². The fraction of sp³-hybridized carbons (Fsp3) is 0.462. The first-order valence-electron chi connectivity index (χ1n) is 5.88. The van der Waals surface area contributed by atoms with E-state index in [0.717, 1.165) is 18.4 Å². The number of amides is 1. The first kappa shape index (κ1) is 12.7. The van der Waals surface area contributed by atoms with E-state index in [4.69, 9.17) is 5.84 Å². The number of nitrogens with two attached hydrogens (primary N) is 1. The van der Waals surface area contributed by atoms with Crippen LogP contribution >= 0.6 is 0 Å². The van der Waals surface area contributed by atoms with Crippen LogP contribution in [-0.2, 0) is 6.42 Å². The maximum atomic E-state index is 11.5. The van der Waals surface area contributed by atoms with E-state index in [2.05, 4.69) is 12.3 Å². The molecule has 0 bridgehead atoms. The summed E-state index contributed by atoms with van der Waals surface area (Å²) in [4.78, 5) is 11.5. The van der Waals surface area contributed by atoms with Gasteiger partial charge in [-0.2, -0.15) is 0 Å². The van der Waals surface area contributed by atoms with Gasteiger partial charge in [-0.3, -0.25) is 10.2 Å². The van der Waals surface area contributed by atoms with Crippen molar-refractivity contribution < 1.29 is 4.79 Å². The zero-order valence-corrected chi connectivity index (χ0v) is 9.83. The summed E-state index contributed by atoms with van der Waals surface area (Å²) in [7, 11) is 0. The summed E-state index contributed by atoms with van der Waals surface area (Å²) in [6.07, 6.45) is 5.78. The Kier molecular flexibility index (Phi) is 5.57. The predicted octanol–water partition coefficient (Wildman–Crippen LogP) is 2.41. The Hall–Kier alpha value is -1.35. The molecule has 3 N–H and O–H groups in total. The minimum absolute atomic E-state index is 0.203. The van der Waals surface area contributed by atoms with E-state index < -0.39 is 0 Å². The summed E-state index contributed by atoms with van der Waals surface area (Å²) >= 11 is 0. The van der Waals surface area contributed by atoms with Crippen molar-refractivity contribution in [1.29, 1.82) is 0 Å². The minimum Gasteiger partial charge on any atom is -0.290 e. The number of hydrogen-bond acceptors (Lipinski definition) is 2. The van der Waals surface area contributed by atoms with Crippen LogP contribution < -0.4 is 11.3 Å². The van der Waals surface area contributed by atoms with Gasteiger partial charge in [-0.1, -0.05) is 44.4 Å². The zero-order valence-electron chi connectivity index (χ0n) is 9.83. The summed E-state index contributed by atoms with van der Waals surface area (Å²) in [5.74, 6) is 4.95. The molecular weight excluding hydrogens is 200 g/mol. The van der Waals surface area contributed by atoms with Gasteiger partial charge < -0.3 is 0 Å². The van der Waals surface area contributed by atoms with Crippen molar-refractivity contribution >= 4 is 5.91 Å². The first-order valence-corrected chi connectivity index (χ1v) is 5.88. The van der Waals surface area contributed by atoms with Gasteiger partial charge in [0, 0.05) is 5.56 Å². The van der Waals surface area contributed by atoms with Crippen LogP contribution in [0.2, 0.25) is 0 Å². The van der Waals surface area contributed by atoms with E-state index in [1.807, 2.05) is 24.3 Å². The zero-order chi connectivity index (χ0) is 11.8. The van der Waals surface area contributed by atoms with E-state index in [9.17, 15) is 4.79 Å². The van der Waals surface area contributed by atoms with Gasteiger partial charge >= 0.3 is 0 Å². The molecule has 0 spiro atoms. The molecule has 1 amide bonds. The highest BCUT2D eigenvalue weighted by Crippen LogP contribution is 2.13. The summed E-state index contributed by atoms with van der Waals surface area (Å²) in [6, 6.07) is 7.64. The Morgan fingerprint density at radius 3 is 2.69 bits per heavy atom. The molecule has 0 unspecified atom stereocenters. The van der Waals surface area contributed by atoms with Crippen LogP contribution in [0.1, 0.15) is 48.5 Å². The number of carbonyl (C=O) groups excluding carboxylic acids is 1. The predicted molar refractivity (Wildman–Crippen MR) is 65.9 cm³/mol. The maximum absolute atomic E-state index is 11.5. The molecule has 16 heavy (non-hydrogen) atoms. The number of carbonyl (C=O) groups is 1. The second-order valence-corrected chi connectivity index (χ2v) is 3.94. The van der Waals surface area contributed by atoms with Crippen molar-refractivity contribution in [3.63, 3.8) is 0 Å². The molecule has 0 aliphatic carbocycles. The Labute approximate surface area is 97.0 Å². The average molecular weight is 220 g/mol. The van der Waals surface area contributed by atoms with Gasteiger partial charge in [-0.25, -0.2) is 5.84 Å². The van der Waals surface area contributed by atoms with Crippen molar-refractivity contribution in [2.75, 3.05) is 0 Å². The van der Waals surface area contributed by atoms with Crippen LogP contribution in [0, 0.1) is 0 Å². The number of unbranched alkanes of at least 4 members (excludes halogenated alkanes) is 3. The molecule has 1 aromatic carbocycles. The number of aryl methyl sites for hydroxylation is 1. The highest BCUT2D eigenvalue weighted by Gasteiger charge is 2.08. The molecule has 0 aromatic heterocycles. The van der Waals surface area contributed by atoms with E-state index in [-0.39, 0.29) is 5.91 Å². The van der Waals surface area contributed by atoms with Crippen molar-refractivity contribution in [2.24, 2.45) is 5.84 Å². The molecule has 88 valence electrons. The molecule has 3 heteroatoms. The number of benzene rings is 1. The van der Waals surface area contributed by atoms with Gasteiger partial charge in [0.15, 0.2) is 0 Å². The molecule has 0 atom stereocenters. The Morgan fingerprint density at radius 2 is 2.00 bits per heavy atom. The van der Waals surface area contributed by atoms with Gasteiger partial charge in [0.2, 0.25) is 0 Å². The molecule has 1 rings (SSSR count). The van der Waals surface area contributed by atoms with E-state index in [0.29, 0.717) is 5.56 Å². The van der Waals surface area contributed by atoms with Gasteiger partial charge in [0.05, 0.1) is 0 Å². The van der Waals surface area contributed by atoms with Gasteiger partial charge in [-0.05, 0) is 24.5 Å². The van der Waals surface area contributed by atoms with Crippen molar-refractivity contribution in [1.82, 2.24) is 5.43 Å². The lowest BCUT2D eigenvalue weighted by molar-refractivity contribution is 0.0952. The Morgan fingerprint density at radius 1 is 1.25 bits per heavy atom. The molecule has 0 saturated heterocycles. The first-order chi connectivity index (χ1) is 7.79. The van der Waals surface area contributed by atoms with E-state index >= 15 is 0 Å². The number of rotatable bonds is 6. The van der Waals surface area contributed by atoms with Gasteiger partial charge in [0.25, 0.3) is 5.91 Å². The third-order valence-electron chi connectivity index (χ3n) is 2.69. The van der Waals surface area contributed by atoms with Crippen molar-refractivity contribution in [3.05, 3.63) is 35.4 Å². The van der Waals surface area contributed by atoms with Crippen LogP contribution in [-0.4, -0.2) is 5.91 Å². The minimum atomic E-state index is -0.203. The molecule has 0 fully saturated rings. The molecule has 0 aliphatic rings. The normalized spacial score (nSPS) is 10.1. The second kappa shape index (κ2) is 7.01. The second-order valence-electron chi connectivity index (χ2n) is 3.94. The summed E-state index contributed by atoms with van der Waals surface area (Å²) in [5.41, 5.74) is 3.96. The third-order valence-corrected chi connectivity index (χ3v) is 2.69. The number of hydrogen-bond donors (Lipinski definition) is 2. The van der Waals surface area contributed by atoms with E-state index in [1.54, 1.807) is 0 Å². The Balaban J connectivity index is 2.60. The average Bonchev–Trinajstić information content (AvgIpc) is 2.34. The highest BCUT2D eigenvalue weighted by molar-refractivity contribution is 5.95. The Bertz CT molecular complexity index is 336.